The summed E-state index contributed by atoms with van der Waals surface area (Å²) in [7, 11) is 0. The minimum absolute atomic E-state index is 0.0508. The molecule has 0 aliphatic heterocycles. The van der Waals surface area contributed by atoms with Crippen molar-refractivity contribution >= 4 is 11.8 Å². The predicted molar refractivity (Wildman–Crippen MR) is 174 cm³/mol. The number of carbonyl (C=O) groups excluding carboxylic acids is 2. The summed E-state index contributed by atoms with van der Waals surface area (Å²) in [5.74, 6) is -2.54. The zero-order chi connectivity index (χ0) is 35.3. The van der Waals surface area contributed by atoms with Crippen LogP contribution in [0.25, 0.3) is 0 Å². The fraction of sp³-hybridized carbons (Fsp3) is 0.528. The highest BCUT2D eigenvalue weighted by atomic mass is 19.4. The van der Waals surface area contributed by atoms with Crippen LogP contribution in [0.5, 0.6) is 0 Å². The van der Waals surface area contributed by atoms with Gasteiger partial charge in [-0.1, -0.05) is 38.3 Å². The summed E-state index contributed by atoms with van der Waals surface area (Å²) >= 11 is 0. The molecule has 2 aliphatic carbocycles. The maximum absolute atomic E-state index is 14.1. The number of aliphatic hydroxyl groups excluding tert-OH is 1. The number of carbonyl (C=O) groups is 2. The van der Waals surface area contributed by atoms with Crippen LogP contribution in [0.4, 0.5) is 22.0 Å². The average Bonchev–Trinajstić information content (AvgIpc) is 4.00. The normalized spacial score (nSPS) is 16.7. The molecule has 266 valence electrons. The SMILES string of the molecule is CCCCCCN(C(=O)c1cc(C(=O)N[C@@H](Cc2cc(F)cc(F)c2)[C@H](O)CNC2(c3cccc(C(F)(F)F)c3)CC2)nn1CC)C1CC1. The second-order valence-corrected chi connectivity index (χ2v) is 13.2. The van der Waals surface area contributed by atoms with Gasteiger partial charge < -0.3 is 20.6 Å². The van der Waals surface area contributed by atoms with E-state index in [1.807, 2.05) is 11.8 Å². The van der Waals surface area contributed by atoms with Gasteiger partial charge in [0.05, 0.1) is 17.7 Å². The van der Waals surface area contributed by atoms with E-state index in [0.29, 0.717) is 37.6 Å². The molecule has 0 unspecified atom stereocenters. The summed E-state index contributed by atoms with van der Waals surface area (Å²) in [4.78, 5) is 29.1. The first-order valence-corrected chi connectivity index (χ1v) is 17.1. The summed E-state index contributed by atoms with van der Waals surface area (Å²) in [6.45, 7) is 4.74. The van der Waals surface area contributed by atoms with E-state index < -0.39 is 47.0 Å². The molecular formula is C36H44F5N5O3. The lowest BCUT2D eigenvalue weighted by Gasteiger charge is -2.27. The van der Waals surface area contributed by atoms with Gasteiger partial charge in [0.25, 0.3) is 11.8 Å². The molecule has 2 amide bonds. The molecule has 0 saturated heterocycles. The number of amides is 2. The van der Waals surface area contributed by atoms with Gasteiger partial charge in [-0.25, -0.2) is 8.78 Å². The van der Waals surface area contributed by atoms with Crippen molar-refractivity contribution in [3.8, 4) is 0 Å². The molecule has 0 bridgehead atoms. The second kappa shape index (κ2) is 15.4. The zero-order valence-electron chi connectivity index (χ0n) is 27.8. The number of rotatable bonds is 17. The van der Waals surface area contributed by atoms with Crippen molar-refractivity contribution in [3.63, 3.8) is 0 Å². The first kappa shape index (κ1) is 36.4. The first-order chi connectivity index (χ1) is 23.3. The van der Waals surface area contributed by atoms with E-state index >= 15 is 0 Å². The number of nitrogens with zero attached hydrogens (tertiary/aromatic N) is 3. The number of aliphatic hydroxyl groups is 1. The minimum atomic E-state index is -4.51. The summed E-state index contributed by atoms with van der Waals surface area (Å²) in [6.07, 6.45) is 0.998. The highest BCUT2D eigenvalue weighted by Gasteiger charge is 2.45. The van der Waals surface area contributed by atoms with E-state index in [1.165, 1.54) is 16.8 Å². The second-order valence-electron chi connectivity index (χ2n) is 13.2. The van der Waals surface area contributed by atoms with Crippen LogP contribution in [-0.2, 0) is 24.7 Å². The van der Waals surface area contributed by atoms with Gasteiger partial charge in [0.1, 0.15) is 17.3 Å². The Balaban J connectivity index is 1.33. The first-order valence-electron chi connectivity index (χ1n) is 17.1. The quantitative estimate of drug-likeness (QED) is 0.113. The van der Waals surface area contributed by atoms with Crippen molar-refractivity contribution in [2.45, 2.75) is 108 Å². The Morgan fingerprint density at radius 3 is 2.37 bits per heavy atom. The zero-order valence-corrected chi connectivity index (χ0v) is 27.8. The third kappa shape index (κ3) is 9.24. The Hall–Kier alpha value is -3.84. The summed E-state index contributed by atoms with van der Waals surface area (Å²) < 4.78 is 69.8. The van der Waals surface area contributed by atoms with Crippen LogP contribution in [-0.4, -0.2) is 62.9 Å². The van der Waals surface area contributed by atoms with Crippen LogP contribution in [0.2, 0.25) is 0 Å². The molecule has 2 fully saturated rings. The maximum Gasteiger partial charge on any atom is 0.416 e. The van der Waals surface area contributed by atoms with E-state index in [0.717, 1.165) is 62.8 Å². The molecule has 2 aliphatic rings. The molecule has 2 atom stereocenters. The van der Waals surface area contributed by atoms with E-state index in [1.54, 1.807) is 6.07 Å². The van der Waals surface area contributed by atoms with Gasteiger partial charge in [0.15, 0.2) is 5.69 Å². The van der Waals surface area contributed by atoms with Gasteiger partial charge in [-0.15, -0.1) is 0 Å². The van der Waals surface area contributed by atoms with Gasteiger partial charge in [-0.2, -0.15) is 18.3 Å². The lowest BCUT2D eigenvalue weighted by atomic mass is 9.98. The van der Waals surface area contributed by atoms with E-state index in [-0.39, 0.29) is 41.9 Å². The Kier molecular flexibility index (Phi) is 11.4. The van der Waals surface area contributed by atoms with Gasteiger partial charge in [-0.3, -0.25) is 14.3 Å². The molecule has 5 rings (SSSR count). The molecule has 3 aromatic rings. The van der Waals surface area contributed by atoms with Crippen LogP contribution in [0, 0.1) is 11.6 Å². The fourth-order valence-corrected chi connectivity index (χ4v) is 6.27. The van der Waals surface area contributed by atoms with Crippen molar-refractivity contribution < 1.29 is 36.6 Å². The lowest BCUT2D eigenvalue weighted by molar-refractivity contribution is -0.137. The van der Waals surface area contributed by atoms with Crippen molar-refractivity contribution in [1.29, 1.82) is 0 Å². The molecule has 8 nitrogen and oxygen atoms in total. The average molecular weight is 690 g/mol. The van der Waals surface area contributed by atoms with Crippen LogP contribution < -0.4 is 10.6 Å². The van der Waals surface area contributed by atoms with E-state index in [9.17, 15) is 36.6 Å². The van der Waals surface area contributed by atoms with Crippen LogP contribution in [0.15, 0.2) is 48.5 Å². The largest absolute Gasteiger partial charge is 0.416 e. The highest BCUT2D eigenvalue weighted by molar-refractivity contribution is 5.98. The lowest BCUT2D eigenvalue weighted by Crippen LogP contribution is -2.50. The topological polar surface area (TPSA) is 99.5 Å². The van der Waals surface area contributed by atoms with Gasteiger partial charge in [0.2, 0.25) is 0 Å². The van der Waals surface area contributed by atoms with Crippen LogP contribution in [0.3, 0.4) is 0 Å². The van der Waals surface area contributed by atoms with Crippen LogP contribution >= 0.6 is 0 Å². The van der Waals surface area contributed by atoms with Gasteiger partial charge in [-0.05, 0) is 80.8 Å². The Morgan fingerprint density at radius 1 is 1.04 bits per heavy atom. The number of hydrogen-bond acceptors (Lipinski definition) is 5. The number of alkyl halides is 3. The summed E-state index contributed by atoms with van der Waals surface area (Å²) in [5, 5.41) is 21.6. The monoisotopic (exact) mass is 689 g/mol. The minimum Gasteiger partial charge on any atom is -0.390 e. The van der Waals surface area contributed by atoms with E-state index in [4.69, 9.17) is 0 Å². The molecule has 13 heteroatoms. The van der Waals surface area contributed by atoms with Crippen molar-refractivity contribution in [2.75, 3.05) is 13.1 Å². The summed E-state index contributed by atoms with van der Waals surface area (Å²) in [6, 6.07) is 8.43. The fourth-order valence-electron chi connectivity index (χ4n) is 6.27. The number of hydrogen-bond donors (Lipinski definition) is 3. The van der Waals surface area contributed by atoms with E-state index in [2.05, 4.69) is 22.7 Å². The molecule has 0 radical (unpaired) electrons. The molecular weight excluding hydrogens is 645 g/mol. The highest BCUT2D eigenvalue weighted by Crippen LogP contribution is 2.46. The molecule has 49 heavy (non-hydrogen) atoms. The Bertz CT molecular complexity index is 1600. The number of halogens is 5. The summed E-state index contributed by atoms with van der Waals surface area (Å²) in [5.41, 5.74) is -0.740. The number of unbranched alkanes of at least 4 members (excludes halogenated alkanes) is 3. The molecule has 1 heterocycles. The third-order valence-electron chi connectivity index (χ3n) is 9.33. The molecule has 0 spiro atoms. The third-order valence-corrected chi connectivity index (χ3v) is 9.33. The molecule has 2 saturated carbocycles. The van der Waals surface area contributed by atoms with Crippen molar-refractivity contribution in [2.24, 2.45) is 0 Å². The predicted octanol–water partition coefficient (Wildman–Crippen LogP) is 6.37. The van der Waals surface area contributed by atoms with Gasteiger partial charge in [0, 0.05) is 43.3 Å². The van der Waals surface area contributed by atoms with Crippen molar-refractivity contribution in [3.05, 3.63) is 88.2 Å². The molecule has 3 N–H and O–H groups in total. The number of nitrogens with one attached hydrogen (secondary N) is 2. The smallest absolute Gasteiger partial charge is 0.390 e. The number of aryl methyl sites for hydroxylation is 1. The Morgan fingerprint density at radius 2 is 1.76 bits per heavy atom. The van der Waals surface area contributed by atoms with Crippen LogP contribution in [0.1, 0.15) is 103 Å². The standard InChI is InChI=1S/C36H44F5N5O3/c1-3-5-6-7-15-45(28-11-12-28)34(49)31-21-30(44-46(31)4-2)33(48)43-29(18-23-16-26(37)20-27(38)17-23)32(47)22-42-35(13-14-35)24-9-8-10-25(19-24)36(39,40)41/h8-10,16-17,19-21,28-29,32,42,47H,3-7,11-15,18,22H2,1-2H3,(H,43,48)/t29-,32+/m0/s1. The molecule has 1 aromatic heterocycles. The number of benzene rings is 2. The maximum atomic E-state index is 14.1. The molecule has 2 aromatic carbocycles. The van der Waals surface area contributed by atoms with Crippen molar-refractivity contribution in [1.82, 2.24) is 25.3 Å². The Labute approximate surface area is 283 Å². The number of aromatic nitrogens is 2. The van der Waals surface area contributed by atoms with Gasteiger partial charge >= 0.3 is 6.18 Å².